The maximum Gasteiger partial charge on any atom is 0.179 e. The molecule has 1 atom stereocenters. The first-order valence-corrected chi connectivity index (χ1v) is 5.36. The largest absolute Gasteiger partial charge is 0.384 e. The molecule has 0 amide bonds. The van der Waals surface area contributed by atoms with Crippen molar-refractivity contribution in [1.82, 2.24) is 9.88 Å². The molecule has 1 saturated heterocycles. The number of nitrogens with zero attached hydrogens (tertiary/aromatic N) is 3. The molecule has 0 unspecified atom stereocenters. The van der Waals surface area contributed by atoms with E-state index in [-0.39, 0.29) is 6.04 Å². The minimum atomic E-state index is 0.236. The van der Waals surface area contributed by atoms with Crippen molar-refractivity contribution in [2.75, 3.05) is 12.3 Å². The van der Waals surface area contributed by atoms with Crippen LogP contribution in [0.5, 0.6) is 0 Å². The van der Waals surface area contributed by atoms with Gasteiger partial charge in [0, 0.05) is 12.7 Å². The number of nitrogens with two attached hydrogens (primary N) is 1. The van der Waals surface area contributed by atoms with Gasteiger partial charge in [-0.1, -0.05) is 12.2 Å². The van der Waals surface area contributed by atoms with Crippen LogP contribution in [0.3, 0.4) is 0 Å². The Balaban J connectivity index is 2.07. The predicted molar refractivity (Wildman–Crippen MR) is 63.0 cm³/mol. The lowest BCUT2D eigenvalue weighted by molar-refractivity contribution is 0.420. The van der Waals surface area contributed by atoms with Crippen LogP contribution in [0.1, 0.15) is 18.4 Å². The first-order chi connectivity index (χ1) is 7.79. The van der Waals surface area contributed by atoms with Gasteiger partial charge in [-0.2, -0.15) is 5.26 Å². The molecular formula is C12H14N4. The van der Waals surface area contributed by atoms with Gasteiger partial charge < -0.3 is 10.6 Å². The smallest absolute Gasteiger partial charge is 0.179 e. The fourth-order valence-electron chi connectivity index (χ4n) is 1.91. The first kappa shape index (κ1) is 10.5. The Bertz CT molecular complexity index is 433. The zero-order valence-electron chi connectivity index (χ0n) is 9.00. The number of hydrogen-bond donors (Lipinski definition) is 1. The molecule has 4 heteroatoms. The molecule has 1 aliphatic heterocycles. The third-order valence-electron chi connectivity index (χ3n) is 2.74. The zero-order valence-corrected chi connectivity index (χ0v) is 9.00. The fourth-order valence-corrected chi connectivity index (χ4v) is 1.91. The molecule has 0 bridgehead atoms. The normalized spacial score (nSPS) is 20.2. The molecule has 2 N–H and O–H groups in total. The number of nitrogen functional groups attached to an aromatic ring is 1. The van der Waals surface area contributed by atoms with E-state index < -0.39 is 0 Å². The van der Waals surface area contributed by atoms with Crippen LogP contribution in [0.15, 0.2) is 24.4 Å². The zero-order chi connectivity index (χ0) is 11.4. The second-order valence-corrected chi connectivity index (χ2v) is 3.88. The van der Waals surface area contributed by atoms with E-state index in [1.165, 1.54) is 0 Å². The van der Waals surface area contributed by atoms with Crippen molar-refractivity contribution in [2.24, 2.45) is 0 Å². The molecule has 0 aliphatic carbocycles. The van der Waals surface area contributed by atoms with Crippen LogP contribution in [0, 0.1) is 11.5 Å². The molecule has 16 heavy (non-hydrogen) atoms. The molecule has 0 spiro atoms. The summed E-state index contributed by atoms with van der Waals surface area (Å²) < 4.78 is 0. The van der Waals surface area contributed by atoms with E-state index in [1.807, 2.05) is 18.2 Å². The van der Waals surface area contributed by atoms with Crippen LogP contribution in [-0.2, 0) is 0 Å². The number of rotatable bonds is 2. The third kappa shape index (κ3) is 2.31. The summed E-state index contributed by atoms with van der Waals surface area (Å²) in [5.74, 6) is 0.519. The average molecular weight is 214 g/mol. The minimum Gasteiger partial charge on any atom is -0.384 e. The predicted octanol–water partition coefficient (Wildman–Crippen LogP) is 1.62. The molecule has 0 aromatic carbocycles. The number of hydrogen-bond acceptors (Lipinski definition) is 4. The molecule has 1 fully saturated rings. The highest BCUT2D eigenvalue weighted by Gasteiger charge is 2.20. The van der Waals surface area contributed by atoms with Gasteiger partial charge >= 0.3 is 0 Å². The lowest BCUT2D eigenvalue weighted by Crippen LogP contribution is -2.21. The summed E-state index contributed by atoms with van der Waals surface area (Å²) in [4.78, 5) is 5.74. The van der Waals surface area contributed by atoms with Crippen LogP contribution < -0.4 is 5.73 Å². The van der Waals surface area contributed by atoms with Gasteiger partial charge in [0.25, 0.3) is 0 Å². The topological polar surface area (TPSA) is 65.9 Å². The summed E-state index contributed by atoms with van der Waals surface area (Å²) in [7, 11) is 0. The second kappa shape index (κ2) is 4.67. The Morgan fingerprint density at radius 3 is 3.25 bits per heavy atom. The third-order valence-corrected chi connectivity index (χ3v) is 2.74. The van der Waals surface area contributed by atoms with E-state index in [4.69, 9.17) is 11.0 Å². The SMILES string of the molecule is N#CN1CCC[C@H]1/C=C/c1ccnc(N)c1. The highest BCUT2D eigenvalue weighted by molar-refractivity contribution is 5.53. The van der Waals surface area contributed by atoms with Gasteiger partial charge in [0.15, 0.2) is 6.19 Å². The van der Waals surface area contributed by atoms with E-state index in [9.17, 15) is 0 Å². The molecule has 2 heterocycles. The Kier molecular flexibility index (Phi) is 3.06. The molecule has 1 aromatic heterocycles. The van der Waals surface area contributed by atoms with Gasteiger partial charge in [-0.15, -0.1) is 0 Å². The summed E-state index contributed by atoms with van der Waals surface area (Å²) in [6.45, 7) is 0.865. The minimum absolute atomic E-state index is 0.236. The van der Waals surface area contributed by atoms with Gasteiger partial charge in [-0.3, -0.25) is 0 Å². The molecular weight excluding hydrogens is 200 g/mol. The van der Waals surface area contributed by atoms with Gasteiger partial charge in [0.2, 0.25) is 0 Å². The van der Waals surface area contributed by atoms with E-state index in [2.05, 4.69) is 17.3 Å². The van der Waals surface area contributed by atoms with Crippen molar-refractivity contribution >= 4 is 11.9 Å². The van der Waals surface area contributed by atoms with E-state index >= 15 is 0 Å². The highest BCUT2D eigenvalue weighted by atomic mass is 15.2. The van der Waals surface area contributed by atoms with Crippen LogP contribution in [-0.4, -0.2) is 22.5 Å². The summed E-state index contributed by atoms with van der Waals surface area (Å²) in [5, 5.41) is 8.89. The highest BCUT2D eigenvalue weighted by Crippen LogP contribution is 2.18. The number of nitriles is 1. The monoisotopic (exact) mass is 214 g/mol. The van der Waals surface area contributed by atoms with Crippen LogP contribution >= 0.6 is 0 Å². The van der Waals surface area contributed by atoms with Gasteiger partial charge in [0.05, 0.1) is 6.04 Å². The van der Waals surface area contributed by atoms with Gasteiger partial charge in [0.1, 0.15) is 5.82 Å². The molecule has 1 aliphatic rings. The number of anilines is 1. The van der Waals surface area contributed by atoms with Crippen LogP contribution in [0.4, 0.5) is 5.82 Å². The van der Waals surface area contributed by atoms with E-state index in [1.54, 1.807) is 11.1 Å². The average Bonchev–Trinajstić information content (AvgIpc) is 2.74. The molecule has 1 aromatic rings. The van der Waals surface area contributed by atoms with Crippen LogP contribution in [0.2, 0.25) is 0 Å². The van der Waals surface area contributed by atoms with Gasteiger partial charge in [-0.25, -0.2) is 4.98 Å². The quantitative estimate of drug-likeness (QED) is 0.760. The summed E-state index contributed by atoms with van der Waals surface area (Å²) in [6.07, 6.45) is 10.1. The maximum atomic E-state index is 8.89. The number of aromatic nitrogens is 1. The van der Waals surface area contributed by atoms with Crippen molar-refractivity contribution in [2.45, 2.75) is 18.9 Å². The van der Waals surface area contributed by atoms with Crippen molar-refractivity contribution in [3.63, 3.8) is 0 Å². The second-order valence-electron chi connectivity index (χ2n) is 3.88. The van der Waals surface area contributed by atoms with Crippen molar-refractivity contribution < 1.29 is 0 Å². The maximum absolute atomic E-state index is 8.89. The molecule has 82 valence electrons. The van der Waals surface area contributed by atoms with Crippen molar-refractivity contribution in [3.05, 3.63) is 30.0 Å². The molecule has 0 saturated carbocycles. The summed E-state index contributed by atoms with van der Waals surface area (Å²) in [6, 6.07) is 3.96. The van der Waals surface area contributed by atoms with Gasteiger partial charge in [-0.05, 0) is 30.5 Å². The lowest BCUT2D eigenvalue weighted by Gasteiger charge is -2.13. The Morgan fingerprint density at radius 1 is 1.62 bits per heavy atom. The van der Waals surface area contributed by atoms with E-state index in [0.29, 0.717) is 5.82 Å². The lowest BCUT2D eigenvalue weighted by atomic mass is 10.1. The standard InChI is InChI=1S/C12H14N4/c13-9-16-7-1-2-11(16)4-3-10-5-6-15-12(14)8-10/h3-6,8,11H,1-2,7H2,(H2,14,15)/b4-3+/t11-/m0/s1. The van der Waals surface area contributed by atoms with E-state index in [0.717, 1.165) is 24.9 Å². The van der Waals surface area contributed by atoms with Crippen molar-refractivity contribution in [1.29, 1.82) is 5.26 Å². The Labute approximate surface area is 95.0 Å². The number of likely N-dealkylation sites (tertiary alicyclic amines) is 1. The Morgan fingerprint density at radius 2 is 2.50 bits per heavy atom. The summed E-state index contributed by atoms with van der Waals surface area (Å²) >= 11 is 0. The van der Waals surface area contributed by atoms with Crippen molar-refractivity contribution in [3.8, 4) is 6.19 Å². The molecule has 4 nitrogen and oxygen atoms in total. The molecule has 0 radical (unpaired) electrons. The first-order valence-electron chi connectivity index (χ1n) is 5.36. The summed E-state index contributed by atoms with van der Waals surface area (Å²) in [5.41, 5.74) is 6.61. The number of pyridine rings is 1. The molecule has 2 rings (SSSR count). The fraction of sp³-hybridized carbons (Fsp3) is 0.333. The van der Waals surface area contributed by atoms with Crippen LogP contribution in [0.25, 0.3) is 6.08 Å². The Hall–Kier alpha value is -2.02.